The van der Waals surface area contributed by atoms with E-state index in [2.05, 4.69) is 0 Å². The molecule has 0 aliphatic heterocycles. The molecule has 1 aliphatic carbocycles. The fourth-order valence-corrected chi connectivity index (χ4v) is 1.10. The Morgan fingerprint density at radius 1 is 1.08 bits per heavy atom. The van der Waals surface area contributed by atoms with Crippen LogP contribution in [0.25, 0.3) is 0 Å². The number of hydrogen-bond acceptors (Lipinski definition) is 0. The van der Waals surface area contributed by atoms with Crippen molar-refractivity contribution in [2.24, 2.45) is 0 Å². The van der Waals surface area contributed by atoms with E-state index in [0.29, 0.717) is 0 Å². The molecular weight excluding hydrogens is 186 g/mol. The third kappa shape index (κ3) is 0.863. The molecule has 1 saturated carbocycles. The van der Waals surface area contributed by atoms with Crippen LogP contribution in [0.2, 0.25) is 0 Å². The summed E-state index contributed by atoms with van der Waals surface area (Å²) >= 11 is 0. The minimum Gasteiger partial charge on any atom is -0.243 e. The first-order valence-electron chi connectivity index (χ1n) is 3.21. The molecule has 0 radical (unpaired) electrons. The normalized spacial score (nSPS) is 44.8. The maximum Gasteiger partial charge on any atom is 0.346 e. The van der Waals surface area contributed by atoms with Gasteiger partial charge in [0.05, 0.1) is 6.42 Å². The Bertz CT molecular complexity index is 196. The topological polar surface area (TPSA) is 0 Å². The third-order valence-electron chi connectivity index (χ3n) is 2.10. The monoisotopic (exact) mass is 192 g/mol. The summed E-state index contributed by atoms with van der Waals surface area (Å²) in [4.78, 5) is 0. The van der Waals surface area contributed by atoms with Crippen LogP contribution in [0.1, 0.15) is 13.3 Å². The van der Waals surface area contributed by atoms with Gasteiger partial charge in [-0.05, 0) is 6.92 Å². The molecule has 0 N–H and O–H groups in total. The summed E-state index contributed by atoms with van der Waals surface area (Å²) in [6.45, 7) is 0.151. The largest absolute Gasteiger partial charge is 0.346 e. The van der Waals surface area contributed by atoms with Crippen molar-refractivity contribution in [1.29, 1.82) is 0 Å². The summed E-state index contributed by atoms with van der Waals surface area (Å²) < 4.78 is 74.3. The van der Waals surface area contributed by atoms with Crippen LogP contribution in [-0.2, 0) is 0 Å². The summed E-state index contributed by atoms with van der Waals surface area (Å²) in [6, 6.07) is 0. The van der Waals surface area contributed by atoms with Gasteiger partial charge in [0.2, 0.25) is 5.67 Å². The van der Waals surface area contributed by atoms with Gasteiger partial charge in [0.25, 0.3) is 0 Å². The second-order valence-electron chi connectivity index (χ2n) is 3.03. The van der Waals surface area contributed by atoms with Crippen LogP contribution in [0.5, 0.6) is 0 Å². The molecule has 0 aromatic carbocycles. The van der Waals surface area contributed by atoms with Crippen LogP contribution >= 0.6 is 0 Å². The Hall–Kier alpha value is -0.420. The van der Waals surface area contributed by atoms with Crippen molar-refractivity contribution in [2.45, 2.75) is 37.0 Å². The van der Waals surface area contributed by atoms with Crippen LogP contribution in [0.15, 0.2) is 0 Å². The average molecular weight is 192 g/mol. The zero-order valence-corrected chi connectivity index (χ0v) is 6.05. The smallest absolute Gasteiger partial charge is 0.243 e. The molecule has 0 spiro atoms. The summed E-state index contributed by atoms with van der Waals surface area (Å²) in [7, 11) is 0. The zero-order valence-electron chi connectivity index (χ0n) is 6.05. The number of alkyl halides is 6. The van der Waals surface area contributed by atoms with E-state index in [0.717, 1.165) is 0 Å². The maximum atomic E-state index is 12.7. The van der Waals surface area contributed by atoms with E-state index in [4.69, 9.17) is 0 Å². The molecule has 0 aromatic rings. The van der Waals surface area contributed by atoms with Crippen LogP contribution in [0.4, 0.5) is 26.3 Å². The molecule has 0 amide bonds. The molecule has 1 rings (SSSR count). The Balaban J connectivity index is 3.10. The summed E-state index contributed by atoms with van der Waals surface area (Å²) in [5.74, 6) is -9.50. The van der Waals surface area contributed by atoms with Crippen molar-refractivity contribution in [2.75, 3.05) is 0 Å². The quantitative estimate of drug-likeness (QED) is 0.517. The lowest BCUT2D eigenvalue weighted by molar-refractivity contribution is -0.233. The minimum absolute atomic E-state index is 0.151. The maximum absolute atomic E-state index is 12.7. The third-order valence-corrected chi connectivity index (χ3v) is 2.10. The molecule has 0 aromatic heterocycles. The van der Waals surface area contributed by atoms with Crippen molar-refractivity contribution in [1.82, 2.24) is 0 Å². The van der Waals surface area contributed by atoms with Crippen molar-refractivity contribution in [3.8, 4) is 0 Å². The molecule has 72 valence electrons. The predicted molar refractivity (Wildman–Crippen MR) is 28.9 cm³/mol. The molecule has 1 fully saturated rings. The van der Waals surface area contributed by atoms with E-state index in [1.165, 1.54) is 0 Å². The number of hydrogen-bond donors (Lipinski definition) is 0. The molecule has 0 saturated heterocycles. The number of halogens is 6. The molecule has 0 bridgehead atoms. The van der Waals surface area contributed by atoms with Crippen molar-refractivity contribution >= 4 is 0 Å². The van der Waals surface area contributed by atoms with Crippen LogP contribution in [0.3, 0.4) is 0 Å². The molecule has 6 heteroatoms. The van der Waals surface area contributed by atoms with Gasteiger partial charge in [-0.15, -0.1) is 0 Å². The molecule has 0 heterocycles. The Morgan fingerprint density at radius 3 is 1.58 bits per heavy atom. The highest BCUT2D eigenvalue weighted by Crippen LogP contribution is 2.56. The molecule has 2 unspecified atom stereocenters. The van der Waals surface area contributed by atoms with Crippen molar-refractivity contribution < 1.29 is 26.3 Å². The van der Waals surface area contributed by atoms with Crippen molar-refractivity contribution in [3.05, 3.63) is 0 Å². The fourth-order valence-electron chi connectivity index (χ4n) is 1.10. The van der Waals surface area contributed by atoms with Gasteiger partial charge in [0.1, 0.15) is 6.17 Å². The van der Waals surface area contributed by atoms with Gasteiger partial charge < -0.3 is 0 Å². The van der Waals surface area contributed by atoms with Crippen LogP contribution in [-0.4, -0.2) is 23.7 Å². The van der Waals surface area contributed by atoms with Gasteiger partial charge in [-0.3, -0.25) is 0 Å². The van der Waals surface area contributed by atoms with E-state index in [1.54, 1.807) is 0 Å². The van der Waals surface area contributed by atoms with Gasteiger partial charge in [-0.1, -0.05) is 0 Å². The lowest BCUT2D eigenvalue weighted by Crippen LogP contribution is -2.49. The van der Waals surface area contributed by atoms with E-state index in [-0.39, 0.29) is 6.92 Å². The molecular formula is C6H6F6. The molecule has 1 aliphatic rings. The fraction of sp³-hybridized carbons (Fsp3) is 1.00. The highest BCUT2D eigenvalue weighted by molar-refractivity contribution is 5.12. The second-order valence-corrected chi connectivity index (χ2v) is 3.03. The van der Waals surface area contributed by atoms with E-state index >= 15 is 0 Å². The summed E-state index contributed by atoms with van der Waals surface area (Å²) in [6.07, 6.45) is -4.57. The van der Waals surface area contributed by atoms with E-state index < -0.39 is 30.1 Å². The Morgan fingerprint density at radius 2 is 1.50 bits per heavy atom. The van der Waals surface area contributed by atoms with E-state index in [9.17, 15) is 26.3 Å². The first-order chi connectivity index (χ1) is 5.13. The SMILES string of the molecule is CC1(F)C(F)CC(F)(F)C1(F)F. The van der Waals surface area contributed by atoms with Gasteiger partial charge >= 0.3 is 11.8 Å². The van der Waals surface area contributed by atoms with Gasteiger partial charge in [-0.2, -0.15) is 17.6 Å². The lowest BCUT2D eigenvalue weighted by Gasteiger charge is -2.26. The molecule has 2 atom stereocenters. The van der Waals surface area contributed by atoms with Gasteiger partial charge in [0.15, 0.2) is 0 Å². The van der Waals surface area contributed by atoms with Crippen LogP contribution < -0.4 is 0 Å². The van der Waals surface area contributed by atoms with Gasteiger partial charge in [-0.25, -0.2) is 8.78 Å². The summed E-state index contributed by atoms with van der Waals surface area (Å²) in [5, 5.41) is 0. The Labute approximate surface area is 64.6 Å². The number of rotatable bonds is 0. The average Bonchev–Trinajstić information content (AvgIpc) is 1.92. The Kier molecular flexibility index (Phi) is 1.68. The minimum atomic E-state index is -4.92. The second kappa shape index (κ2) is 2.09. The van der Waals surface area contributed by atoms with Gasteiger partial charge in [0, 0.05) is 0 Å². The van der Waals surface area contributed by atoms with Crippen LogP contribution in [0, 0.1) is 0 Å². The highest BCUT2D eigenvalue weighted by Gasteiger charge is 2.77. The highest BCUT2D eigenvalue weighted by atomic mass is 19.3. The first-order valence-corrected chi connectivity index (χ1v) is 3.21. The lowest BCUT2D eigenvalue weighted by atomic mass is 10.0. The standard InChI is InChI=1S/C6H6F6/c1-4(8)3(7)2-5(9,10)6(4,11)12/h3H,2H2,1H3. The van der Waals surface area contributed by atoms with Crippen molar-refractivity contribution in [3.63, 3.8) is 0 Å². The van der Waals surface area contributed by atoms with E-state index in [1.807, 2.05) is 0 Å². The zero-order chi connectivity index (χ0) is 9.78. The summed E-state index contributed by atoms with van der Waals surface area (Å²) in [5.41, 5.74) is -3.77. The molecule has 12 heavy (non-hydrogen) atoms. The first kappa shape index (κ1) is 9.67. The predicted octanol–water partition coefficient (Wildman–Crippen LogP) is 2.73. The molecule has 0 nitrogen and oxygen atoms in total.